The van der Waals surface area contributed by atoms with Gasteiger partial charge in [-0.05, 0) is 49.4 Å². The van der Waals surface area contributed by atoms with Crippen LogP contribution in [0.15, 0.2) is 18.2 Å². The van der Waals surface area contributed by atoms with E-state index >= 15 is 0 Å². The van der Waals surface area contributed by atoms with Crippen molar-refractivity contribution in [1.29, 1.82) is 0 Å². The molecule has 1 aliphatic carbocycles. The number of hydrogen-bond acceptors (Lipinski definition) is 2. The highest BCUT2D eigenvalue weighted by Crippen LogP contribution is 2.29. The topological polar surface area (TPSA) is 21.3 Å². The van der Waals surface area contributed by atoms with Crippen LogP contribution in [0.5, 0.6) is 5.75 Å². The van der Waals surface area contributed by atoms with E-state index in [1.54, 1.807) is 7.11 Å². The molecule has 1 aliphatic rings. The zero-order valence-electron chi connectivity index (χ0n) is 11.8. The van der Waals surface area contributed by atoms with Crippen molar-refractivity contribution < 1.29 is 4.74 Å². The largest absolute Gasteiger partial charge is 0.496 e. The average Bonchev–Trinajstić information content (AvgIpc) is 2.39. The van der Waals surface area contributed by atoms with Gasteiger partial charge in [0.25, 0.3) is 0 Å². The fourth-order valence-corrected chi connectivity index (χ4v) is 3.00. The number of methoxy groups -OCH3 is 1. The Labute approximate surface area is 111 Å². The summed E-state index contributed by atoms with van der Waals surface area (Å²) in [6, 6.07) is 7.02. The molecule has 2 rings (SSSR count). The van der Waals surface area contributed by atoms with Gasteiger partial charge in [0.2, 0.25) is 0 Å². The molecule has 1 saturated carbocycles. The third-order valence-corrected chi connectivity index (χ3v) is 4.13. The van der Waals surface area contributed by atoms with Crippen LogP contribution in [0.3, 0.4) is 0 Å². The number of hydrogen-bond donors (Lipinski definition) is 1. The lowest BCUT2D eigenvalue weighted by atomic mass is 9.84. The Morgan fingerprint density at radius 3 is 2.83 bits per heavy atom. The summed E-state index contributed by atoms with van der Waals surface area (Å²) in [6.07, 6.45) is 6.73. The average molecular weight is 247 g/mol. The molecule has 2 atom stereocenters. The predicted molar refractivity (Wildman–Crippen MR) is 77.4 cm³/mol. The van der Waals surface area contributed by atoms with Crippen molar-refractivity contribution >= 4 is 5.69 Å². The number of rotatable bonds is 4. The molecule has 1 fully saturated rings. The van der Waals surface area contributed by atoms with Crippen LogP contribution in [0.4, 0.5) is 5.69 Å². The van der Waals surface area contributed by atoms with Gasteiger partial charge in [0.05, 0.1) is 7.11 Å². The van der Waals surface area contributed by atoms with E-state index in [2.05, 4.69) is 37.4 Å². The number of ether oxygens (including phenoxy) is 1. The van der Waals surface area contributed by atoms with E-state index < -0.39 is 0 Å². The maximum Gasteiger partial charge on any atom is 0.121 e. The monoisotopic (exact) mass is 247 g/mol. The Hall–Kier alpha value is -1.18. The maximum atomic E-state index is 5.30. The molecule has 1 aromatic rings. The Morgan fingerprint density at radius 2 is 2.17 bits per heavy atom. The van der Waals surface area contributed by atoms with Crippen molar-refractivity contribution in [1.82, 2.24) is 0 Å². The molecule has 0 aliphatic heterocycles. The molecule has 1 N–H and O–H groups in total. The lowest BCUT2D eigenvalue weighted by molar-refractivity contribution is 0.327. The summed E-state index contributed by atoms with van der Waals surface area (Å²) in [6.45, 7) is 4.41. The summed E-state index contributed by atoms with van der Waals surface area (Å²) in [7, 11) is 1.72. The van der Waals surface area contributed by atoms with Gasteiger partial charge in [-0.1, -0.05) is 26.2 Å². The van der Waals surface area contributed by atoms with Gasteiger partial charge < -0.3 is 10.1 Å². The van der Waals surface area contributed by atoms with E-state index in [0.29, 0.717) is 6.04 Å². The third kappa shape index (κ3) is 3.18. The SMILES string of the molecule is CCC1CCCC(Nc2ccc(OC)c(C)c2)C1. The van der Waals surface area contributed by atoms with Crippen LogP contribution in [0, 0.1) is 12.8 Å². The first-order chi connectivity index (χ1) is 8.72. The van der Waals surface area contributed by atoms with Gasteiger partial charge in [0, 0.05) is 11.7 Å². The molecule has 0 amide bonds. The molecule has 0 aromatic heterocycles. The van der Waals surface area contributed by atoms with Crippen LogP contribution in [0.25, 0.3) is 0 Å². The van der Waals surface area contributed by atoms with Crippen molar-refractivity contribution in [3.63, 3.8) is 0 Å². The second-order valence-corrected chi connectivity index (χ2v) is 5.47. The number of benzene rings is 1. The molecule has 1 aromatic carbocycles. The summed E-state index contributed by atoms with van der Waals surface area (Å²) in [5.74, 6) is 1.88. The smallest absolute Gasteiger partial charge is 0.121 e. The van der Waals surface area contributed by atoms with E-state index in [9.17, 15) is 0 Å². The maximum absolute atomic E-state index is 5.30. The van der Waals surface area contributed by atoms with Crippen molar-refractivity contribution in [2.45, 2.75) is 52.0 Å². The minimum Gasteiger partial charge on any atom is -0.496 e. The lowest BCUT2D eigenvalue weighted by Crippen LogP contribution is -2.27. The first-order valence-corrected chi connectivity index (χ1v) is 7.14. The van der Waals surface area contributed by atoms with Gasteiger partial charge in [-0.3, -0.25) is 0 Å². The first kappa shape index (κ1) is 13.3. The summed E-state index contributed by atoms with van der Waals surface area (Å²) < 4.78 is 5.30. The van der Waals surface area contributed by atoms with E-state index in [1.165, 1.54) is 43.4 Å². The molecule has 2 heteroatoms. The van der Waals surface area contributed by atoms with Crippen molar-refractivity contribution in [2.75, 3.05) is 12.4 Å². The van der Waals surface area contributed by atoms with Gasteiger partial charge >= 0.3 is 0 Å². The van der Waals surface area contributed by atoms with Gasteiger partial charge in [-0.25, -0.2) is 0 Å². The zero-order chi connectivity index (χ0) is 13.0. The molecule has 0 saturated heterocycles. The molecule has 2 nitrogen and oxygen atoms in total. The Bertz CT molecular complexity index is 389. The normalized spacial score (nSPS) is 23.7. The van der Waals surface area contributed by atoms with Crippen LogP contribution >= 0.6 is 0 Å². The molecular weight excluding hydrogens is 222 g/mol. The van der Waals surface area contributed by atoms with Crippen molar-refractivity contribution in [3.8, 4) is 5.75 Å². The second-order valence-electron chi connectivity index (χ2n) is 5.47. The van der Waals surface area contributed by atoms with Crippen molar-refractivity contribution in [3.05, 3.63) is 23.8 Å². The molecule has 0 radical (unpaired) electrons. The highest BCUT2D eigenvalue weighted by Gasteiger charge is 2.20. The summed E-state index contributed by atoms with van der Waals surface area (Å²) in [5.41, 5.74) is 2.43. The third-order valence-electron chi connectivity index (χ3n) is 4.13. The quantitative estimate of drug-likeness (QED) is 0.852. The Balaban J connectivity index is 1.98. The molecule has 0 spiro atoms. The summed E-state index contributed by atoms with van der Waals surface area (Å²) in [5, 5.41) is 3.68. The van der Waals surface area contributed by atoms with Crippen LogP contribution in [-0.4, -0.2) is 13.2 Å². The van der Waals surface area contributed by atoms with Crippen LogP contribution < -0.4 is 10.1 Å². The number of anilines is 1. The minimum absolute atomic E-state index is 0.650. The number of aryl methyl sites for hydroxylation is 1. The molecule has 2 unspecified atom stereocenters. The van der Waals surface area contributed by atoms with Crippen LogP contribution in [-0.2, 0) is 0 Å². The fraction of sp³-hybridized carbons (Fsp3) is 0.625. The van der Waals surface area contributed by atoms with E-state index in [-0.39, 0.29) is 0 Å². The van der Waals surface area contributed by atoms with Crippen LogP contribution in [0.1, 0.15) is 44.6 Å². The Kier molecular flexibility index (Phi) is 4.51. The zero-order valence-corrected chi connectivity index (χ0v) is 11.8. The molecule has 0 heterocycles. The van der Waals surface area contributed by atoms with Crippen molar-refractivity contribution in [2.24, 2.45) is 5.92 Å². The van der Waals surface area contributed by atoms with E-state index in [4.69, 9.17) is 4.74 Å². The Morgan fingerprint density at radius 1 is 1.33 bits per heavy atom. The van der Waals surface area contributed by atoms with Gasteiger partial charge in [0.1, 0.15) is 5.75 Å². The van der Waals surface area contributed by atoms with E-state index in [1.807, 2.05) is 0 Å². The summed E-state index contributed by atoms with van der Waals surface area (Å²) >= 11 is 0. The van der Waals surface area contributed by atoms with Crippen LogP contribution in [0.2, 0.25) is 0 Å². The highest BCUT2D eigenvalue weighted by molar-refractivity contribution is 5.51. The van der Waals surface area contributed by atoms with E-state index in [0.717, 1.165) is 11.7 Å². The molecular formula is C16H25NO. The summed E-state index contributed by atoms with van der Waals surface area (Å²) in [4.78, 5) is 0. The molecule has 0 bridgehead atoms. The molecule has 100 valence electrons. The van der Waals surface area contributed by atoms with Gasteiger partial charge in [-0.2, -0.15) is 0 Å². The lowest BCUT2D eigenvalue weighted by Gasteiger charge is -2.30. The minimum atomic E-state index is 0.650. The van der Waals surface area contributed by atoms with Gasteiger partial charge in [0.15, 0.2) is 0 Å². The second kappa shape index (κ2) is 6.12. The molecule has 18 heavy (non-hydrogen) atoms. The highest BCUT2D eigenvalue weighted by atomic mass is 16.5. The van der Waals surface area contributed by atoms with Gasteiger partial charge in [-0.15, -0.1) is 0 Å². The first-order valence-electron chi connectivity index (χ1n) is 7.14. The number of nitrogens with one attached hydrogen (secondary N) is 1. The standard InChI is InChI=1S/C16H25NO/c1-4-13-6-5-7-14(11-13)17-15-8-9-16(18-3)12(2)10-15/h8-10,13-14,17H,4-7,11H2,1-3H3. The fourth-order valence-electron chi connectivity index (χ4n) is 3.00. The predicted octanol–water partition coefficient (Wildman–Crippen LogP) is 4.38.